The summed E-state index contributed by atoms with van der Waals surface area (Å²) in [4.78, 5) is 37.4. The Hall–Kier alpha value is -2.89. The molecule has 0 saturated heterocycles. The van der Waals surface area contributed by atoms with Gasteiger partial charge in [-0.1, -0.05) is 36.4 Å². The maximum atomic E-state index is 11.6. The summed E-state index contributed by atoms with van der Waals surface area (Å²) in [5.41, 5.74) is 4.22. The van der Waals surface area contributed by atoms with Crippen molar-refractivity contribution in [3.8, 4) is 22.6 Å². The van der Waals surface area contributed by atoms with E-state index in [9.17, 15) is 14.4 Å². The maximum absolute atomic E-state index is 11.6. The molecule has 0 aliphatic carbocycles. The largest absolute Gasteiger partial charge is 1.00 e. The van der Waals surface area contributed by atoms with Crippen LogP contribution in [0.4, 0.5) is 0 Å². The SMILES string of the molecule is CCNC(=O)COc1ccc(-c2cccc(COc3ccc(Cn4oc(=O)[n-]c4=O)cc3)c2)c(C)c1.[K+]. The number of nitrogens with one attached hydrogen (secondary N) is 1. The molecule has 1 N–H and O–H groups in total. The predicted molar refractivity (Wildman–Crippen MR) is 133 cm³/mol. The van der Waals surface area contributed by atoms with Crippen molar-refractivity contribution in [3.63, 3.8) is 0 Å². The molecule has 0 spiro atoms. The van der Waals surface area contributed by atoms with Gasteiger partial charge in [0.1, 0.15) is 18.1 Å². The number of nitrogens with zero attached hydrogens (tertiary/aromatic N) is 2. The molecular weight excluding hydrogens is 501 g/mol. The Morgan fingerprint density at radius 1 is 0.973 bits per heavy atom. The van der Waals surface area contributed by atoms with Crippen LogP contribution in [0.3, 0.4) is 0 Å². The molecular formula is C27H26KN3O6. The smallest absolute Gasteiger partial charge is 0.489 e. The van der Waals surface area contributed by atoms with Crippen LogP contribution in [0.15, 0.2) is 80.8 Å². The van der Waals surface area contributed by atoms with Crippen LogP contribution in [0.5, 0.6) is 11.5 Å². The number of likely N-dealkylation sites (N-methyl/N-ethyl adjacent to an activating group) is 1. The Labute approximate surface area is 256 Å². The number of aryl methyl sites for hydroxylation is 1. The van der Waals surface area contributed by atoms with E-state index in [4.69, 9.17) is 14.0 Å². The predicted octanol–water partition coefficient (Wildman–Crippen LogP) is -0.120. The van der Waals surface area contributed by atoms with Crippen molar-refractivity contribution in [2.24, 2.45) is 0 Å². The average Bonchev–Trinajstić information content (AvgIpc) is 3.19. The summed E-state index contributed by atoms with van der Waals surface area (Å²) >= 11 is 0. The summed E-state index contributed by atoms with van der Waals surface area (Å²) in [5, 5.41) is 2.71. The molecule has 0 aliphatic rings. The Kier molecular flexibility index (Phi) is 10.5. The van der Waals surface area contributed by atoms with Crippen LogP contribution in [0.25, 0.3) is 11.1 Å². The number of carbonyl (C=O) groups excluding carboxylic acids is 1. The third kappa shape index (κ3) is 8.04. The number of hydrogen-bond acceptors (Lipinski definition) is 6. The van der Waals surface area contributed by atoms with Gasteiger partial charge >= 0.3 is 57.1 Å². The van der Waals surface area contributed by atoms with E-state index in [0.717, 1.165) is 32.6 Å². The molecule has 3 aromatic carbocycles. The molecule has 1 heterocycles. The van der Waals surface area contributed by atoms with Crippen LogP contribution in [0.1, 0.15) is 23.6 Å². The third-order valence-electron chi connectivity index (χ3n) is 5.42. The molecule has 10 heteroatoms. The van der Waals surface area contributed by atoms with Gasteiger partial charge in [-0.05, 0) is 72.0 Å². The van der Waals surface area contributed by atoms with Crippen molar-refractivity contribution in [2.45, 2.75) is 27.0 Å². The van der Waals surface area contributed by atoms with E-state index >= 15 is 0 Å². The molecule has 4 aromatic rings. The molecule has 0 radical (unpaired) electrons. The first kappa shape index (κ1) is 28.7. The second-order valence-electron chi connectivity index (χ2n) is 8.14. The monoisotopic (exact) mass is 527 g/mol. The van der Waals surface area contributed by atoms with Gasteiger partial charge in [0.05, 0.1) is 0 Å². The quantitative estimate of drug-likeness (QED) is 0.286. The summed E-state index contributed by atoms with van der Waals surface area (Å²) in [7, 11) is 0. The molecule has 0 saturated carbocycles. The van der Waals surface area contributed by atoms with Gasteiger partial charge in [0.15, 0.2) is 12.3 Å². The average molecular weight is 528 g/mol. The van der Waals surface area contributed by atoms with Gasteiger partial charge in [0.2, 0.25) is 0 Å². The van der Waals surface area contributed by atoms with Crippen molar-refractivity contribution >= 4 is 5.91 Å². The first-order valence-electron chi connectivity index (χ1n) is 11.5. The first-order valence-corrected chi connectivity index (χ1v) is 11.5. The normalized spacial score (nSPS) is 10.4. The van der Waals surface area contributed by atoms with E-state index in [1.54, 1.807) is 24.3 Å². The van der Waals surface area contributed by atoms with Crippen LogP contribution in [0.2, 0.25) is 0 Å². The van der Waals surface area contributed by atoms with E-state index in [2.05, 4.69) is 16.4 Å². The fourth-order valence-electron chi connectivity index (χ4n) is 3.69. The number of carbonyl (C=O) groups is 1. The molecule has 1 amide bonds. The Bertz CT molecular complexity index is 1460. The number of ether oxygens (including phenoxy) is 2. The van der Waals surface area contributed by atoms with Gasteiger partial charge in [-0.25, -0.2) is 4.79 Å². The topological polar surface area (TPSA) is 114 Å². The minimum Gasteiger partial charge on any atom is -0.489 e. The van der Waals surface area contributed by atoms with E-state index in [1.807, 2.05) is 50.2 Å². The molecule has 0 aliphatic heterocycles. The molecule has 0 fully saturated rings. The standard InChI is InChI=1S/C27H27N3O6.K/c1-3-28-25(31)17-35-23-11-12-24(18(2)13-23)21-6-4-5-20(14-21)16-34-22-9-7-19(8-10-22)15-30-26(32)29-27(33)36-30;/h4-14H,3,15-17H2,1-2H3,(H2,28,29,31,32,33);/q;+1/p-1. The van der Waals surface area contributed by atoms with Gasteiger partial charge in [0, 0.05) is 13.1 Å². The second-order valence-corrected chi connectivity index (χ2v) is 8.14. The van der Waals surface area contributed by atoms with Crippen LogP contribution in [-0.4, -0.2) is 23.8 Å². The van der Waals surface area contributed by atoms with Crippen LogP contribution >= 0.6 is 0 Å². The molecule has 4 rings (SSSR count). The summed E-state index contributed by atoms with van der Waals surface area (Å²) in [6, 6.07) is 21.0. The summed E-state index contributed by atoms with van der Waals surface area (Å²) in [5.74, 6) is 0.262. The minimum atomic E-state index is -0.905. The number of benzene rings is 3. The van der Waals surface area contributed by atoms with E-state index in [1.165, 1.54) is 0 Å². The Morgan fingerprint density at radius 2 is 1.73 bits per heavy atom. The zero-order valence-electron chi connectivity index (χ0n) is 21.0. The van der Waals surface area contributed by atoms with Gasteiger partial charge in [-0.2, -0.15) is 0 Å². The molecule has 9 nitrogen and oxygen atoms in total. The molecule has 186 valence electrons. The van der Waals surface area contributed by atoms with Crippen LogP contribution in [0, 0.1) is 6.92 Å². The number of amides is 1. The second kappa shape index (κ2) is 13.6. The van der Waals surface area contributed by atoms with Crippen molar-refractivity contribution in [1.29, 1.82) is 0 Å². The van der Waals surface area contributed by atoms with E-state index in [0.29, 0.717) is 24.7 Å². The summed E-state index contributed by atoms with van der Waals surface area (Å²) < 4.78 is 17.1. The van der Waals surface area contributed by atoms with Gasteiger partial charge < -0.3 is 24.3 Å². The van der Waals surface area contributed by atoms with Crippen molar-refractivity contribution in [3.05, 3.63) is 104 Å². The van der Waals surface area contributed by atoms with E-state index in [-0.39, 0.29) is 70.4 Å². The zero-order chi connectivity index (χ0) is 25.5. The van der Waals surface area contributed by atoms with Crippen molar-refractivity contribution < 1.29 is 70.2 Å². The molecule has 0 bridgehead atoms. The fourth-order valence-corrected chi connectivity index (χ4v) is 3.69. The van der Waals surface area contributed by atoms with Crippen molar-refractivity contribution in [2.75, 3.05) is 13.2 Å². The first-order chi connectivity index (χ1) is 17.4. The zero-order valence-corrected chi connectivity index (χ0v) is 24.1. The van der Waals surface area contributed by atoms with Gasteiger partial charge in [0.25, 0.3) is 5.91 Å². The van der Waals surface area contributed by atoms with Gasteiger partial charge in [-0.3, -0.25) is 14.3 Å². The number of rotatable bonds is 10. The molecule has 0 atom stereocenters. The maximum Gasteiger partial charge on any atom is 1.00 e. The molecule has 1 aromatic heterocycles. The summed E-state index contributed by atoms with van der Waals surface area (Å²) in [6.45, 7) is 4.92. The number of aromatic nitrogens is 2. The van der Waals surface area contributed by atoms with E-state index < -0.39 is 11.4 Å². The van der Waals surface area contributed by atoms with Crippen LogP contribution < -0.4 is 82.6 Å². The third-order valence-corrected chi connectivity index (χ3v) is 5.42. The number of hydrogen-bond donors (Lipinski definition) is 1. The Balaban J connectivity index is 0.00000380. The Morgan fingerprint density at radius 3 is 2.41 bits per heavy atom. The molecule has 0 unspecified atom stereocenters. The minimum absolute atomic E-state index is 0. The van der Waals surface area contributed by atoms with Gasteiger partial charge in [-0.15, -0.1) is 0 Å². The summed E-state index contributed by atoms with van der Waals surface area (Å²) in [6.07, 6.45) is 0. The molecule has 37 heavy (non-hydrogen) atoms. The fraction of sp³-hybridized carbons (Fsp3) is 0.222. The van der Waals surface area contributed by atoms with Crippen molar-refractivity contribution in [1.82, 2.24) is 15.0 Å². The van der Waals surface area contributed by atoms with Crippen LogP contribution in [-0.2, 0) is 17.9 Å².